The highest BCUT2D eigenvalue weighted by Gasteiger charge is 2.15. The first-order chi connectivity index (χ1) is 7.54. The molecule has 1 aromatic rings. The predicted octanol–water partition coefficient (Wildman–Crippen LogP) is 0.505. The molecule has 0 saturated carbocycles. The number of nitrogens with one attached hydrogen (secondary N) is 1. The van der Waals surface area contributed by atoms with Crippen molar-refractivity contribution in [1.29, 1.82) is 0 Å². The fourth-order valence-electron chi connectivity index (χ4n) is 1.50. The van der Waals surface area contributed by atoms with Crippen LogP contribution in [0.3, 0.4) is 0 Å². The Morgan fingerprint density at radius 1 is 1.44 bits per heavy atom. The van der Waals surface area contributed by atoms with Crippen LogP contribution in [0.15, 0.2) is 24.3 Å². The molecule has 1 aromatic carbocycles. The molecule has 1 rings (SSSR count). The minimum absolute atomic E-state index is 0.327. The summed E-state index contributed by atoms with van der Waals surface area (Å²) >= 11 is 0. The molecule has 4 heteroatoms. The third kappa shape index (κ3) is 3.24. The molecule has 1 amide bonds. The summed E-state index contributed by atoms with van der Waals surface area (Å²) in [6, 6.07) is 7.83. The second-order valence-electron chi connectivity index (χ2n) is 3.96. The number of hydrogen-bond donors (Lipinski definition) is 2. The van der Waals surface area contributed by atoms with Crippen LogP contribution < -0.4 is 16.0 Å². The van der Waals surface area contributed by atoms with Crippen LogP contribution in [0.5, 0.6) is 0 Å². The fourth-order valence-corrected chi connectivity index (χ4v) is 1.50. The number of nitrogens with zero attached hydrogens (tertiary/aromatic N) is 1. The summed E-state index contributed by atoms with van der Waals surface area (Å²) in [4.78, 5) is 13.1. The zero-order chi connectivity index (χ0) is 12.1. The van der Waals surface area contributed by atoms with Crippen molar-refractivity contribution in [2.75, 3.05) is 25.5 Å². The van der Waals surface area contributed by atoms with Gasteiger partial charge in [-0.25, -0.2) is 0 Å². The molecule has 0 aromatic heterocycles. The smallest absolute Gasteiger partial charge is 0.236 e. The van der Waals surface area contributed by atoms with Gasteiger partial charge in [-0.2, -0.15) is 0 Å². The van der Waals surface area contributed by atoms with Crippen molar-refractivity contribution in [2.45, 2.75) is 13.0 Å². The van der Waals surface area contributed by atoms with Crippen molar-refractivity contribution < 1.29 is 4.79 Å². The van der Waals surface area contributed by atoms with E-state index in [-0.39, 0.29) is 11.9 Å². The van der Waals surface area contributed by atoms with E-state index in [1.807, 2.05) is 43.1 Å². The van der Waals surface area contributed by atoms with Gasteiger partial charge in [0.05, 0.1) is 0 Å². The lowest BCUT2D eigenvalue weighted by atomic mass is 10.2. The Morgan fingerprint density at radius 2 is 2.00 bits per heavy atom. The van der Waals surface area contributed by atoms with Gasteiger partial charge in [-0.05, 0) is 26.1 Å². The summed E-state index contributed by atoms with van der Waals surface area (Å²) in [6.45, 7) is 2.61. The Labute approximate surface area is 96.4 Å². The largest absolute Gasteiger partial charge is 0.372 e. The molecule has 3 N–H and O–H groups in total. The molecule has 88 valence electrons. The Balaban J connectivity index is 2.67. The number of carbonyl (C=O) groups excluding carboxylic acids is 1. The summed E-state index contributed by atoms with van der Waals surface area (Å²) in [5, 5.41) is 2.90. The van der Waals surface area contributed by atoms with Crippen LogP contribution in [0, 0.1) is 6.92 Å². The number of nitrogens with two attached hydrogens (primary N) is 1. The summed E-state index contributed by atoms with van der Waals surface area (Å²) < 4.78 is 0. The maximum Gasteiger partial charge on any atom is 0.236 e. The molecular formula is C12H19N3O. The average molecular weight is 221 g/mol. The lowest BCUT2D eigenvalue weighted by molar-refractivity contribution is -0.119. The molecule has 0 radical (unpaired) electrons. The fraction of sp³-hybridized carbons (Fsp3) is 0.417. The van der Waals surface area contributed by atoms with Gasteiger partial charge in [0, 0.05) is 19.3 Å². The van der Waals surface area contributed by atoms with Crippen molar-refractivity contribution in [3.8, 4) is 0 Å². The number of hydrogen-bond acceptors (Lipinski definition) is 3. The molecule has 0 spiro atoms. The normalized spacial score (nSPS) is 12.2. The number of likely N-dealkylation sites (N-methyl/N-ethyl adjacent to an activating group) is 2. The molecule has 0 aliphatic rings. The third-order valence-electron chi connectivity index (χ3n) is 2.62. The molecular weight excluding hydrogens is 202 g/mol. The topological polar surface area (TPSA) is 58.4 Å². The minimum atomic E-state index is -0.332. The van der Waals surface area contributed by atoms with Crippen LogP contribution in [0.1, 0.15) is 5.56 Å². The maximum atomic E-state index is 11.1. The van der Waals surface area contributed by atoms with Crippen molar-refractivity contribution in [2.24, 2.45) is 5.73 Å². The van der Waals surface area contributed by atoms with Gasteiger partial charge >= 0.3 is 0 Å². The van der Waals surface area contributed by atoms with Gasteiger partial charge in [0.15, 0.2) is 0 Å². The van der Waals surface area contributed by atoms with Gasteiger partial charge < -0.3 is 16.0 Å². The zero-order valence-electron chi connectivity index (χ0n) is 10.0. The van der Waals surface area contributed by atoms with Gasteiger partial charge in [-0.3, -0.25) is 4.79 Å². The van der Waals surface area contributed by atoms with Crippen molar-refractivity contribution >= 4 is 11.6 Å². The Hall–Kier alpha value is -1.55. The Kier molecular flexibility index (Phi) is 4.31. The van der Waals surface area contributed by atoms with E-state index in [1.165, 1.54) is 5.56 Å². The second kappa shape index (κ2) is 5.51. The third-order valence-corrected chi connectivity index (χ3v) is 2.62. The first kappa shape index (κ1) is 12.5. The number of anilines is 1. The summed E-state index contributed by atoms with van der Waals surface area (Å²) in [6.07, 6.45) is 0. The Morgan fingerprint density at radius 3 is 2.44 bits per heavy atom. The van der Waals surface area contributed by atoms with E-state index >= 15 is 0 Å². The van der Waals surface area contributed by atoms with Gasteiger partial charge in [-0.15, -0.1) is 0 Å². The summed E-state index contributed by atoms with van der Waals surface area (Å²) in [5.74, 6) is -0.332. The van der Waals surface area contributed by atoms with E-state index in [1.54, 1.807) is 7.05 Å². The van der Waals surface area contributed by atoms with Crippen LogP contribution in [0.4, 0.5) is 5.69 Å². The van der Waals surface area contributed by atoms with Gasteiger partial charge in [0.25, 0.3) is 0 Å². The Bertz CT molecular complexity index is 348. The lowest BCUT2D eigenvalue weighted by Crippen LogP contribution is -2.46. The van der Waals surface area contributed by atoms with E-state index in [0.29, 0.717) is 6.54 Å². The predicted molar refractivity (Wildman–Crippen MR) is 66.5 cm³/mol. The monoisotopic (exact) mass is 221 g/mol. The average Bonchev–Trinajstić information content (AvgIpc) is 2.26. The molecule has 1 unspecified atom stereocenters. The SMILES string of the molecule is CNC(CN(C)c1ccc(C)cc1)C(N)=O. The zero-order valence-corrected chi connectivity index (χ0v) is 10.0. The summed E-state index contributed by atoms with van der Waals surface area (Å²) in [7, 11) is 3.68. The molecule has 0 saturated heterocycles. The molecule has 16 heavy (non-hydrogen) atoms. The first-order valence-electron chi connectivity index (χ1n) is 5.29. The molecule has 0 fully saturated rings. The molecule has 1 atom stereocenters. The highest BCUT2D eigenvalue weighted by atomic mass is 16.1. The number of benzene rings is 1. The quantitative estimate of drug-likeness (QED) is 0.761. The van der Waals surface area contributed by atoms with Crippen LogP contribution in [-0.4, -0.2) is 32.6 Å². The lowest BCUT2D eigenvalue weighted by Gasteiger charge is -2.23. The van der Waals surface area contributed by atoms with Crippen molar-refractivity contribution in [3.63, 3.8) is 0 Å². The summed E-state index contributed by atoms with van der Waals surface area (Å²) in [5.41, 5.74) is 7.57. The van der Waals surface area contributed by atoms with E-state index in [9.17, 15) is 4.79 Å². The number of rotatable bonds is 5. The minimum Gasteiger partial charge on any atom is -0.372 e. The number of primary amides is 1. The number of aryl methyl sites for hydroxylation is 1. The molecule has 0 aliphatic heterocycles. The van der Waals surface area contributed by atoms with E-state index in [0.717, 1.165) is 5.69 Å². The highest BCUT2D eigenvalue weighted by molar-refractivity contribution is 5.80. The van der Waals surface area contributed by atoms with Gasteiger partial charge in [0.2, 0.25) is 5.91 Å². The standard InChI is InChI=1S/C12H19N3O/c1-9-4-6-10(7-5-9)15(3)8-11(14-2)12(13)16/h4-7,11,14H,8H2,1-3H3,(H2,13,16). The number of carbonyl (C=O) groups is 1. The van der Waals surface area contributed by atoms with Crippen molar-refractivity contribution in [3.05, 3.63) is 29.8 Å². The maximum absolute atomic E-state index is 11.1. The van der Waals surface area contributed by atoms with Crippen LogP contribution in [-0.2, 0) is 4.79 Å². The van der Waals surface area contributed by atoms with Crippen LogP contribution in [0.25, 0.3) is 0 Å². The molecule has 0 bridgehead atoms. The van der Waals surface area contributed by atoms with E-state index in [2.05, 4.69) is 5.32 Å². The van der Waals surface area contributed by atoms with Crippen molar-refractivity contribution in [1.82, 2.24) is 5.32 Å². The van der Waals surface area contributed by atoms with Crippen LogP contribution >= 0.6 is 0 Å². The van der Waals surface area contributed by atoms with Gasteiger partial charge in [-0.1, -0.05) is 17.7 Å². The van der Waals surface area contributed by atoms with E-state index < -0.39 is 0 Å². The molecule has 0 heterocycles. The van der Waals surface area contributed by atoms with E-state index in [4.69, 9.17) is 5.73 Å². The highest BCUT2D eigenvalue weighted by Crippen LogP contribution is 2.13. The molecule has 0 aliphatic carbocycles. The number of amides is 1. The second-order valence-corrected chi connectivity index (χ2v) is 3.96. The van der Waals surface area contributed by atoms with Gasteiger partial charge in [0.1, 0.15) is 6.04 Å². The molecule has 4 nitrogen and oxygen atoms in total. The van der Waals surface area contributed by atoms with Crippen LogP contribution in [0.2, 0.25) is 0 Å². The first-order valence-corrected chi connectivity index (χ1v) is 5.29.